The Labute approximate surface area is 104 Å². The third-order valence-corrected chi connectivity index (χ3v) is 2.89. The summed E-state index contributed by atoms with van der Waals surface area (Å²) in [6.07, 6.45) is 2.20. The van der Waals surface area contributed by atoms with Crippen molar-refractivity contribution in [3.8, 4) is 0 Å². The van der Waals surface area contributed by atoms with E-state index in [1.807, 2.05) is 0 Å². The molecule has 0 aliphatic heterocycles. The van der Waals surface area contributed by atoms with E-state index in [1.165, 1.54) is 23.1 Å². The standard InChI is InChI=1S/C17H20/c1-14(2)11-16-9-6-10-17(13-16)12-15-7-4-3-5-8-15/h3-10,13-14H,11-12H2,1-2H3. The highest BCUT2D eigenvalue weighted by Crippen LogP contribution is 2.14. The predicted molar refractivity (Wildman–Crippen MR) is 74.2 cm³/mol. The quantitative estimate of drug-likeness (QED) is 0.718. The molecule has 2 aromatic carbocycles. The van der Waals surface area contributed by atoms with Crippen LogP contribution < -0.4 is 0 Å². The lowest BCUT2D eigenvalue weighted by Crippen LogP contribution is -1.95. The topological polar surface area (TPSA) is 0 Å². The maximum Gasteiger partial charge on any atom is -0.00257 e. The number of hydrogen-bond acceptors (Lipinski definition) is 0. The fraction of sp³-hybridized carbons (Fsp3) is 0.294. The largest absolute Gasteiger partial charge is 0.0625 e. The second kappa shape index (κ2) is 5.67. The molecule has 2 aromatic rings. The second-order valence-corrected chi connectivity index (χ2v) is 5.08. The van der Waals surface area contributed by atoms with E-state index in [0.717, 1.165) is 12.3 Å². The zero-order valence-corrected chi connectivity index (χ0v) is 10.7. The number of hydrogen-bond donors (Lipinski definition) is 0. The van der Waals surface area contributed by atoms with E-state index in [2.05, 4.69) is 68.4 Å². The Hall–Kier alpha value is -1.56. The number of rotatable bonds is 4. The van der Waals surface area contributed by atoms with Crippen molar-refractivity contribution in [1.82, 2.24) is 0 Å². The van der Waals surface area contributed by atoms with Gasteiger partial charge in [-0.2, -0.15) is 0 Å². The van der Waals surface area contributed by atoms with Gasteiger partial charge in [0, 0.05) is 0 Å². The molecule has 0 heterocycles. The molecule has 0 saturated heterocycles. The summed E-state index contributed by atoms with van der Waals surface area (Å²) in [7, 11) is 0. The van der Waals surface area contributed by atoms with Gasteiger partial charge in [-0.05, 0) is 35.4 Å². The maximum atomic E-state index is 2.34. The van der Waals surface area contributed by atoms with Gasteiger partial charge in [-0.3, -0.25) is 0 Å². The molecular formula is C17H20. The minimum Gasteiger partial charge on any atom is -0.0625 e. The van der Waals surface area contributed by atoms with E-state index in [1.54, 1.807) is 0 Å². The van der Waals surface area contributed by atoms with Gasteiger partial charge in [0.2, 0.25) is 0 Å². The van der Waals surface area contributed by atoms with Crippen molar-refractivity contribution >= 4 is 0 Å². The first-order valence-electron chi connectivity index (χ1n) is 6.36. The fourth-order valence-corrected chi connectivity index (χ4v) is 2.17. The van der Waals surface area contributed by atoms with Gasteiger partial charge in [0.1, 0.15) is 0 Å². The van der Waals surface area contributed by atoms with E-state index in [-0.39, 0.29) is 0 Å². The lowest BCUT2D eigenvalue weighted by Gasteiger charge is -2.07. The van der Waals surface area contributed by atoms with Gasteiger partial charge in [0.05, 0.1) is 0 Å². The van der Waals surface area contributed by atoms with Gasteiger partial charge < -0.3 is 0 Å². The van der Waals surface area contributed by atoms with Crippen LogP contribution in [0.2, 0.25) is 0 Å². The molecular weight excluding hydrogens is 204 g/mol. The molecule has 0 N–H and O–H groups in total. The van der Waals surface area contributed by atoms with Crippen LogP contribution in [-0.4, -0.2) is 0 Å². The Balaban J connectivity index is 2.11. The van der Waals surface area contributed by atoms with Gasteiger partial charge in [-0.15, -0.1) is 0 Å². The Bertz CT molecular complexity index is 454. The fourth-order valence-electron chi connectivity index (χ4n) is 2.17. The first-order chi connectivity index (χ1) is 8.24. The van der Waals surface area contributed by atoms with Crippen LogP contribution in [0.5, 0.6) is 0 Å². The molecule has 0 spiro atoms. The molecule has 0 unspecified atom stereocenters. The normalized spacial score (nSPS) is 10.8. The summed E-state index contributed by atoms with van der Waals surface area (Å²) >= 11 is 0. The Morgan fingerprint density at radius 1 is 0.765 bits per heavy atom. The summed E-state index contributed by atoms with van der Waals surface area (Å²) in [5.74, 6) is 0.724. The van der Waals surface area contributed by atoms with E-state index in [4.69, 9.17) is 0 Å². The first kappa shape index (κ1) is 11.9. The highest BCUT2D eigenvalue weighted by Gasteiger charge is 2.00. The molecule has 0 bridgehead atoms. The molecule has 0 aliphatic carbocycles. The van der Waals surface area contributed by atoms with Gasteiger partial charge in [-0.1, -0.05) is 68.4 Å². The molecule has 0 nitrogen and oxygen atoms in total. The van der Waals surface area contributed by atoms with E-state index >= 15 is 0 Å². The molecule has 0 fully saturated rings. The monoisotopic (exact) mass is 224 g/mol. The van der Waals surface area contributed by atoms with Crippen LogP contribution in [0.4, 0.5) is 0 Å². The third kappa shape index (κ3) is 3.74. The summed E-state index contributed by atoms with van der Waals surface area (Å²) in [5, 5.41) is 0. The van der Waals surface area contributed by atoms with Crippen LogP contribution in [0.1, 0.15) is 30.5 Å². The minimum atomic E-state index is 0.724. The van der Waals surface area contributed by atoms with Gasteiger partial charge >= 0.3 is 0 Å². The molecule has 0 amide bonds. The molecule has 88 valence electrons. The third-order valence-electron chi connectivity index (χ3n) is 2.89. The molecule has 17 heavy (non-hydrogen) atoms. The summed E-state index contributed by atoms with van der Waals surface area (Å²) in [6, 6.07) is 19.6. The predicted octanol–water partition coefficient (Wildman–Crippen LogP) is 4.48. The van der Waals surface area contributed by atoms with Crippen molar-refractivity contribution in [1.29, 1.82) is 0 Å². The average Bonchev–Trinajstić information content (AvgIpc) is 2.30. The molecule has 0 atom stereocenters. The van der Waals surface area contributed by atoms with Crippen molar-refractivity contribution in [3.63, 3.8) is 0 Å². The SMILES string of the molecule is CC(C)Cc1cccc(Cc2ccccc2)c1. The van der Waals surface area contributed by atoms with Crippen LogP contribution >= 0.6 is 0 Å². The maximum absolute atomic E-state index is 2.34. The van der Waals surface area contributed by atoms with Gasteiger partial charge in [-0.25, -0.2) is 0 Å². The average molecular weight is 224 g/mol. The Morgan fingerprint density at radius 2 is 1.41 bits per heavy atom. The summed E-state index contributed by atoms with van der Waals surface area (Å²) in [6.45, 7) is 4.54. The van der Waals surface area contributed by atoms with E-state index in [0.29, 0.717) is 0 Å². The zero-order valence-electron chi connectivity index (χ0n) is 10.7. The summed E-state index contributed by atoms with van der Waals surface area (Å²) < 4.78 is 0. The van der Waals surface area contributed by atoms with Crippen molar-refractivity contribution < 1.29 is 0 Å². The van der Waals surface area contributed by atoms with Crippen molar-refractivity contribution in [2.24, 2.45) is 5.92 Å². The minimum absolute atomic E-state index is 0.724. The van der Waals surface area contributed by atoms with Crippen LogP contribution in [0, 0.1) is 5.92 Å². The zero-order chi connectivity index (χ0) is 12.1. The van der Waals surface area contributed by atoms with Crippen LogP contribution in [0.15, 0.2) is 54.6 Å². The molecule has 0 heteroatoms. The smallest absolute Gasteiger partial charge is 0.00257 e. The first-order valence-corrected chi connectivity index (χ1v) is 6.36. The van der Waals surface area contributed by atoms with E-state index in [9.17, 15) is 0 Å². The van der Waals surface area contributed by atoms with Crippen molar-refractivity contribution in [2.45, 2.75) is 26.7 Å². The Morgan fingerprint density at radius 3 is 2.12 bits per heavy atom. The molecule has 0 aliphatic rings. The lowest BCUT2D eigenvalue weighted by molar-refractivity contribution is 0.647. The lowest BCUT2D eigenvalue weighted by atomic mass is 9.98. The Kier molecular flexibility index (Phi) is 3.98. The van der Waals surface area contributed by atoms with E-state index < -0.39 is 0 Å². The van der Waals surface area contributed by atoms with Crippen molar-refractivity contribution in [2.75, 3.05) is 0 Å². The summed E-state index contributed by atoms with van der Waals surface area (Å²) in [4.78, 5) is 0. The molecule has 2 rings (SSSR count). The van der Waals surface area contributed by atoms with Crippen LogP contribution in [0.25, 0.3) is 0 Å². The van der Waals surface area contributed by atoms with Gasteiger partial charge in [0.15, 0.2) is 0 Å². The molecule has 0 radical (unpaired) electrons. The highest BCUT2D eigenvalue weighted by atomic mass is 14.1. The van der Waals surface area contributed by atoms with Crippen LogP contribution in [-0.2, 0) is 12.8 Å². The van der Waals surface area contributed by atoms with Crippen molar-refractivity contribution in [3.05, 3.63) is 71.3 Å². The number of benzene rings is 2. The second-order valence-electron chi connectivity index (χ2n) is 5.08. The summed E-state index contributed by atoms with van der Waals surface area (Å²) in [5.41, 5.74) is 4.25. The molecule has 0 saturated carbocycles. The highest BCUT2D eigenvalue weighted by molar-refractivity contribution is 5.29. The van der Waals surface area contributed by atoms with Crippen LogP contribution in [0.3, 0.4) is 0 Å². The molecule has 0 aromatic heterocycles. The van der Waals surface area contributed by atoms with Gasteiger partial charge in [0.25, 0.3) is 0 Å².